The molecule has 0 atom stereocenters. The average molecular weight is 391 g/mol. The Bertz CT molecular complexity index is 775. The van der Waals surface area contributed by atoms with Gasteiger partial charge in [-0.3, -0.25) is 19.0 Å². The molecule has 2 fully saturated rings. The van der Waals surface area contributed by atoms with E-state index in [0.717, 1.165) is 70.6 Å². The molecule has 0 saturated heterocycles. The fourth-order valence-corrected chi connectivity index (χ4v) is 4.50. The van der Waals surface area contributed by atoms with Crippen molar-refractivity contribution in [3.63, 3.8) is 0 Å². The third-order valence-corrected chi connectivity index (χ3v) is 5.91. The molecule has 2 saturated carbocycles. The van der Waals surface area contributed by atoms with Gasteiger partial charge in [0.25, 0.3) is 11.5 Å². The van der Waals surface area contributed by atoms with E-state index in [9.17, 15) is 19.5 Å². The number of nitrogens with one attached hydrogen (secondary N) is 1. The molecule has 0 radical (unpaired) electrons. The summed E-state index contributed by atoms with van der Waals surface area (Å²) in [5, 5.41) is 21.3. The number of carbonyl (C=O) groups excluding carboxylic acids is 1. The molecule has 154 valence electrons. The van der Waals surface area contributed by atoms with E-state index in [2.05, 4.69) is 10.3 Å². The number of hydrogen-bond donors (Lipinski definition) is 3. The van der Waals surface area contributed by atoms with Gasteiger partial charge >= 0.3 is 5.97 Å². The summed E-state index contributed by atoms with van der Waals surface area (Å²) in [5.74, 6) is -2.03. The number of carbonyl (C=O) groups is 2. The van der Waals surface area contributed by atoms with Gasteiger partial charge in [-0.25, -0.2) is 0 Å². The number of amides is 1. The number of nitrogens with zero attached hydrogens (tertiary/aromatic N) is 2. The monoisotopic (exact) mass is 391 g/mol. The molecule has 0 aliphatic heterocycles. The van der Waals surface area contributed by atoms with Gasteiger partial charge in [-0.05, 0) is 25.7 Å². The van der Waals surface area contributed by atoms with Crippen LogP contribution in [0, 0.1) is 0 Å². The Morgan fingerprint density at radius 1 is 1.00 bits per heavy atom. The number of carboxylic acids is 1. The van der Waals surface area contributed by atoms with Crippen molar-refractivity contribution in [1.82, 2.24) is 14.9 Å². The second kappa shape index (κ2) is 9.21. The first kappa shape index (κ1) is 20.4. The Hall–Kier alpha value is -2.38. The SMILES string of the molecule is O=C(O)CNC(=O)c1c(O)nc(C2CCCCCC2)n(C2CCCCC2)c1=O. The third kappa shape index (κ3) is 4.54. The van der Waals surface area contributed by atoms with Gasteiger partial charge in [-0.1, -0.05) is 44.9 Å². The zero-order chi connectivity index (χ0) is 20.1. The van der Waals surface area contributed by atoms with Crippen LogP contribution in [0.1, 0.15) is 98.8 Å². The van der Waals surface area contributed by atoms with Crippen LogP contribution in [-0.4, -0.2) is 38.2 Å². The van der Waals surface area contributed by atoms with Gasteiger partial charge in [0, 0.05) is 12.0 Å². The van der Waals surface area contributed by atoms with Crippen molar-refractivity contribution in [3.8, 4) is 5.88 Å². The molecule has 28 heavy (non-hydrogen) atoms. The van der Waals surface area contributed by atoms with Gasteiger partial charge < -0.3 is 15.5 Å². The van der Waals surface area contributed by atoms with Gasteiger partial charge in [0.2, 0.25) is 5.88 Å². The van der Waals surface area contributed by atoms with Crippen LogP contribution in [0.3, 0.4) is 0 Å². The highest BCUT2D eigenvalue weighted by Gasteiger charge is 2.30. The van der Waals surface area contributed by atoms with Crippen LogP contribution >= 0.6 is 0 Å². The Morgan fingerprint density at radius 2 is 1.57 bits per heavy atom. The molecular weight excluding hydrogens is 362 g/mol. The molecule has 1 aromatic heterocycles. The fourth-order valence-electron chi connectivity index (χ4n) is 4.50. The molecule has 8 nitrogen and oxygen atoms in total. The van der Waals surface area contributed by atoms with E-state index in [1.807, 2.05) is 0 Å². The van der Waals surface area contributed by atoms with Crippen LogP contribution in [0.5, 0.6) is 5.88 Å². The summed E-state index contributed by atoms with van der Waals surface area (Å²) >= 11 is 0. The summed E-state index contributed by atoms with van der Waals surface area (Å²) in [7, 11) is 0. The zero-order valence-corrected chi connectivity index (χ0v) is 16.2. The number of carboxylic acid groups (broad SMARTS) is 1. The molecule has 3 rings (SSSR count). The van der Waals surface area contributed by atoms with Gasteiger partial charge in [0.15, 0.2) is 5.56 Å². The largest absolute Gasteiger partial charge is 0.493 e. The maximum atomic E-state index is 13.3. The average Bonchev–Trinajstić information content (AvgIpc) is 2.96. The van der Waals surface area contributed by atoms with E-state index >= 15 is 0 Å². The number of hydrogen-bond acceptors (Lipinski definition) is 5. The molecule has 2 aliphatic carbocycles. The Kier molecular flexibility index (Phi) is 6.70. The van der Waals surface area contributed by atoms with Gasteiger partial charge in [-0.15, -0.1) is 0 Å². The van der Waals surface area contributed by atoms with Gasteiger partial charge in [0.05, 0.1) is 0 Å². The Morgan fingerprint density at radius 3 is 2.18 bits per heavy atom. The molecule has 1 heterocycles. The highest BCUT2D eigenvalue weighted by atomic mass is 16.4. The molecule has 0 spiro atoms. The number of aromatic nitrogens is 2. The minimum atomic E-state index is -1.22. The predicted molar refractivity (Wildman–Crippen MR) is 103 cm³/mol. The van der Waals surface area contributed by atoms with Crippen LogP contribution in [0.4, 0.5) is 0 Å². The fraction of sp³-hybridized carbons (Fsp3) is 0.700. The third-order valence-electron chi connectivity index (χ3n) is 5.91. The predicted octanol–water partition coefficient (Wildman–Crippen LogP) is 2.71. The van der Waals surface area contributed by atoms with E-state index in [1.54, 1.807) is 4.57 Å². The highest BCUT2D eigenvalue weighted by molar-refractivity contribution is 5.97. The quantitative estimate of drug-likeness (QED) is 0.664. The Balaban J connectivity index is 2.04. The van der Waals surface area contributed by atoms with Crippen LogP contribution in [0.15, 0.2) is 4.79 Å². The molecule has 3 N–H and O–H groups in total. The van der Waals surface area contributed by atoms with Gasteiger partial charge in [-0.2, -0.15) is 4.98 Å². The van der Waals surface area contributed by atoms with E-state index in [4.69, 9.17) is 5.11 Å². The van der Waals surface area contributed by atoms with Crippen molar-refractivity contribution in [1.29, 1.82) is 0 Å². The van der Waals surface area contributed by atoms with Crippen LogP contribution in [0.25, 0.3) is 0 Å². The van der Waals surface area contributed by atoms with Crippen LogP contribution in [-0.2, 0) is 4.79 Å². The lowest BCUT2D eigenvalue weighted by molar-refractivity contribution is -0.135. The minimum absolute atomic E-state index is 0.0290. The summed E-state index contributed by atoms with van der Waals surface area (Å²) in [6.45, 7) is -0.620. The summed E-state index contributed by atoms with van der Waals surface area (Å²) in [6, 6.07) is -0.0290. The lowest BCUT2D eigenvalue weighted by Gasteiger charge is -2.29. The highest BCUT2D eigenvalue weighted by Crippen LogP contribution is 2.35. The van der Waals surface area contributed by atoms with Gasteiger partial charge in [0.1, 0.15) is 12.4 Å². The van der Waals surface area contributed by atoms with Crippen molar-refractivity contribution in [3.05, 3.63) is 21.7 Å². The van der Waals surface area contributed by atoms with E-state index in [0.29, 0.717) is 5.82 Å². The van der Waals surface area contributed by atoms with Crippen molar-refractivity contribution in [2.24, 2.45) is 0 Å². The summed E-state index contributed by atoms with van der Waals surface area (Å²) in [6.07, 6.45) is 11.1. The first-order chi connectivity index (χ1) is 13.5. The molecule has 8 heteroatoms. The summed E-state index contributed by atoms with van der Waals surface area (Å²) in [5.41, 5.74) is -1.01. The first-order valence-corrected chi connectivity index (χ1v) is 10.3. The van der Waals surface area contributed by atoms with Crippen molar-refractivity contribution in [2.75, 3.05) is 6.54 Å². The molecule has 1 amide bonds. The zero-order valence-electron chi connectivity index (χ0n) is 16.2. The Labute approximate surface area is 164 Å². The standard InChI is InChI=1S/C20H29N3O5/c24-15(25)12-21-18(26)16-19(27)22-17(13-8-4-1-2-5-9-13)23(20(16)28)14-10-6-3-7-11-14/h13-14,27H,1-12H2,(H,21,26)(H,24,25). The normalized spacial score (nSPS) is 19.1. The number of aromatic hydroxyl groups is 1. The molecular formula is C20H29N3O5. The van der Waals surface area contributed by atoms with E-state index in [-0.39, 0.29) is 12.0 Å². The molecule has 1 aromatic rings. The number of rotatable bonds is 5. The molecule has 0 bridgehead atoms. The molecule has 0 aromatic carbocycles. The smallest absolute Gasteiger partial charge is 0.322 e. The van der Waals surface area contributed by atoms with Crippen molar-refractivity contribution in [2.45, 2.75) is 82.6 Å². The lowest BCUT2D eigenvalue weighted by Crippen LogP contribution is -2.39. The second-order valence-corrected chi connectivity index (χ2v) is 7.90. The molecule has 0 unspecified atom stereocenters. The molecule has 2 aliphatic rings. The van der Waals surface area contributed by atoms with Crippen LogP contribution < -0.4 is 10.9 Å². The summed E-state index contributed by atoms with van der Waals surface area (Å²) in [4.78, 5) is 40.7. The first-order valence-electron chi connectivity index (χ1n) is 10.3. The van der Waals surface area contributed by atoms with E-state index < -0.39 is 35.4 Å². The topological polar surface area (TPSA) is 122 Å². The maximum absolute atomic E-state index is 13.3. The summed E-state index contributed by atoms with van der Waals surface area (Å²) < 4.78 is 1.64. The maximum Gasteiger partial charge on any atom is 0.322 e. The number of aliphatic carboxylic acids is 1. The lowest BCUT2D eigenvalue weighted by atomic mass is 9.93. The van der Waals surface area contributed by atoms with E-state index in [1.165, 1.54) is 0 Å². The minimum Gasteiger partial charge on any atom is -0.493 e. The van der Waals surface area contributed by atoms with Crippen LogP contribution in [0.2, 0.25) is 0 Å². The van der Waals surface area contributed by atoms with Crippen molar-refractivity contribution >= 4 is 11.9 Å². The second-order valence-electron chi connectivity index (χ2n) is 7.90. The van der Waals surface area contributed by atoms with Crippen molar-refractivity contribution < 1.29 is 19.8 Å².